The van der Waals surface area contributed by atoms with Crippen LogP contribution in [0.3, 0.4) is 0 Å². The van der Waals surface area contributed by atoms with Crippen LogP contribution in [0.4, 0.5) is 0 Å². The van der Waals surface area contributed by atoms with Gasteiger partial charge in [0.25, 0.3) is 0 Å². The molecule has 0 saturated heterocycles. The Morgan fingerprint density at radius 1 is 0.857 bits per heavy atom. The molecular formula is C5H5CuP. The van der Waals surface area contributed by atoms with Gasteiger partial charge in [-0.05, 0) is 11.6 Å². The third kappa shape index (κ3) is 2.82. The van der Waals surface area contributed by atoms with Crippen LogP contribution in [0.25, 0.3) is 0 Å². The summed E-state index contributed by atoms with van der Waals surface area (Å²) < 4.78 is 0. The van der Waals surface area contributed by atoms with Crippen LogP contribution >= 0.6 is 8.19 Å². The third-order valence-electron chi connectivity index (χ3n) is 0.566. The van der Waals surface area contributed by atoms with E-state index in [9.17, 15) is 0 Å². The van der Waals surface area contributed by atoms with Crippen molar-refractivity contribution in [2.45, 2.75) is 0 Å². The van der Waals surface area contributed by atoms with Crippen molar-refractivity contribution < 1.29 is 17.1 Å². The quantitative estimate of drug-likeness (QED) is 0.510. The van der Waals surface area contributed by atoms with Crippen molar-refractivity contribution in [3.05, 3.63) is 29.8 Å². The molecule has 0 bridgehead atoms. The van der Waals surface area contributed by atoms with Gasteiger partial charge >= 0.3 is 0 Å². The molecule has 1 heterocycles. The summed E-state index contributed by atoms with van der Waals surface area (Å²) in [6.45, 7) is 0. The standard InChI is InChI=1S/C5H5P.Cu/c1-2-4-6-5-3-1;/h1-5H;. The van der Waals surface area contributed by atoms with Crippen molar-refractivity contribution >= 4 is 8.19 Å². The molecule has 7 heavy (non-hydrogen) atoms. The van der Waals surface area contributed by atoms with E-state index in [0.717, 1.165) is 0 Å². The van der Waals surface area contributed by atoms with E-state index in [4.69, 9.17) is 0 Å². The first kappa shape index (κ1) is 7.17. The molecule has 1 aromatic rings. The van der Waals surface area contributed by atoms with Crippen molar-refractivity contribution in [3.8, 4) is 0 Å². The average Bonchev–Trinajstić information content (AvgIpc) is 1.72. The predicted molar refractivity (Wildman–Crippen MR) is 29.0 cm³/mol. The Morgan fingerprint density at radius 2 is 1.43 bits per heavy atom. The van der Waals surface area contributed by atoms with Gasteiger partial charge in [-0.1, -0.05) is 26.4 Å². The van der Waals surface area contributed by atoms with Gasteiger partial charge in [0.15, 0.2) is 0 Å². The molecule has 41 valence electrons. The first-order chi connectivity index (χ1) is 3.00. The monoisotopic (exact) mass is 159 g/mol. The van der Waals surface area contributed by atoms with Crippen LogP contribution in [0, 0.1) is 0 Å². The van der Waals surface area contributed by atoms with Crippen LogP contribution in [0.15, 0.2) is 29.8 Å². The molecule has 1 aromatic heterocycles. The summed E-state index contributed by atoms with van der Waals surface area (Å²) in [5.74, 6) is 4.19. The normalized spacial score (nSPS) is 6.86. The van der Waals surface area contributed by atoms with E-state index in [1.807, 2.05) is 18.2 Å². The van der Waals surface area contributed by atoms with Gasteiger partial charge in [0.1, 0.15) is 0 Å². The summed E-state index contributed by atoms with van der Waals surface area (Å²) in [6.07, 6.45) is 0. The van der Waals surface area contributed by atoms with Gasteiger partial charge in [-0.15, -0.1) is 0 Å². The number of hydrogen-bond acceptors (Lipinski definition) is 0. The molecule has 0 aromatic carbocycles. The molecule has 0 nitrogen and oxygen atoms in total. The summed E-state index contributed by atoms with van der Waals surface area (Å²) in [6, 6.07) is 6.11. The SMILES string of the molecule is [Cu].c1ccpcc1. The molecule has 0 aliphatic heterocycles. The molecule has 0 saturated carbocycles. The fourth-order valence-corrected chi connectivity index (χ4v) is 0.810. The first-order valence-corrected chi connectivity index (χ1v) is 2.88. The molecule has 0 fully saturated rings. The minimum atomic E-state index is 0. The van der Waals surface area contributed by atoms with E-state index in [-0.39, 0.29) is 17.1 Å². The smallest absolute Gasteiger partial charge is 0 e. The number of hydrogen-bond donors (Lipinski definition) is 0. The second-order valence-corrected chi connectivity index (χ2v) is 1.92. The Balaban J connectivity index is 0.000000360. The van der Waals surface area contributed by atoms with Gasteiger partial charge < -0.3 is 0 Å². The zero-order valence-electron chi connectivity index (χ0n) is 3.64. The van der Waals surface area contributed by atoms with Crippen LogP contribution < -0.4 is 0 Å². The summed E-state index contributed by atoms with van der Waals surface area (Å²) in [5, 5.41) is 0. The average molecular weight is 160 g/mol. The van der Waals surface area contributed by atoms with Gasteiger partial charge in [-0.2, -0.15) is 0 Å². The van der Waals surface area contributed by atoms with Crippen molar-refractivity contribution in [3.63, 3.8) is 0 Å². The largest absolute Gasteiger partial charge is 0.0765 e. The Hall–Kier alpha value is 0.169. The zero-order chi connectivity index (χ0) is 4.24. The minimum absolute atomic E-state index is 0. The molecule has 2 heteroatoms. The summed E-state index contributed by atoms with van der Waals surface area (Å²) in [5.41, 5.74) is 0. The van der Waals surface area contributed by atoms with E-state index in [1.54, 1.807) is 0 Å². The van der Waals surface area contributed by atoms with Crippen LogP contribution in [-0.4, -0.2) is 0 Å². The summed E-state index contributed by atoms with van der Waals surface area (Å²) in [7, 11) is 1.31. The third-order valence-corrected chi connectivity index (χ3v) is 1.26. The maximum Gasteiger partial charge on any atom is 0 e. The fourth-order valence-electron chi connectivity index (χ4n) is 0.313. The van der Waals surface area contributed by atoms with Crippen molar-refractivity contribution in [2.24, 2.45) is 0 Å². The van der Waals surface area contributed by atoms with Crippen LogP contribution in [0.5, 0.6) is 0 Å². The van der Waals surface area contributed by atoms with Crippen LogP contribution in [0.1, 0.15) is 0 Å². The Morgan fingerprint density at radius 3 is 1.57 bits per heavy atom. The molecule has 1 radical (unpaired) electrons. The van der Waals surface area contributed by atoms with E-state index >= 15 is 0 Å². The second kappa shape index (κ2) is 4.33. The molecule has 0 unspecified atom stereocenters. The molecule has 0 amide bonds. The Bertz CT molecular complexity index is 80.0. The maximum absolute atomic E-state index is 2.10. The molecule has 0 spiro atoms. The summed E-state index contributed by atoms with van der Waals surface area (Å²) in [4.78, 5) is 0. The maximum atomic E-state index is 2.10. The Kier molecular flexibility index (Phi) is 4.44. The molecule has 0 aliphatic rings. The molecule has 1 rings (SSSR count). The van der Waals surface area contributed by atoms with Gasteiger partial charge in [0.05, 0.1) is 0 Å². The van der Waals surface area contributed by atoms with E-state index in [1.165, 1.54) is 8.19 Å². The molecule has 0 aliphatic carbocycles. The molecule has 0 N–H and O–H groups in total. The van der Waals surface area contributed by atoms with Gasteiger partial charge in [0.2, 0.25) is 0 Å². The Labute approximate surface area is 55.5 Å². The summed E-state index contributed by atoms with van der Waals surface area (Å²) >= 11 is 0. The second-order valence-electron chi connectivity index (χ2n) is 1.02. The predicted octanol–water partition coefficient (Wildman–Crippen LogP) is 2.26. The van der Waals surface area contributed by atoms with E-state index < -0.39 is 0 Å². The van der Waals surface area contributed by atoms with Gasteiger partial charge in [-0.25, -0.2) is 0 Å². The van der Waals surface area contributed by atoms with Gasteiger partial charge in [0, 0.05) is 17.1 Å². The van der Waals surface area contributed by atoms with Gasteiger partial charge in [-0.3, -0.25) is 0 Å². The molecule has 0 atom stereocenters. The molecular weight excluding hydrogens is 155 g/mol. The topological polar surface area (TPSA) is 0 Å². The first-order valence-electron chi connectivity index (χ1n) is 1.85. The van der Waals surface area contributed by atoms with Crippen molar-refractivity contribution in [2.75, 3.05) is 0 Å². The van der Waals surface area contributed by atoms with Crippen LogP contribution in [0.2, 0.25) is 0 Å². The zero-order valence-corrected chi connectivity index (χ0v) is 5.47. The van der Waals surface area contributed by atoms with Crippen molar-refractivity contribution in [1.29, 1.82) is 0 Å². The number of rotatable bonds is 0. The fraction of sp³-hybridized carbons (Fsp3) is 0. The van der Waals surface area contributed by atoms with Crippen molar-refractivity contribution in [1.82, 2.24) is 0 Å². The van der Waals surface area contributed by atoms with E-state index in [2.05, 4.69) is 11.6 Å². The van der Waals surface area contributed by atoms with Crippen LogP contribution in [-0.2, 0) is 17.1 Å². The minimum Gasteiger partial charge on any atom is -0.0765 e. The van der Waals surface area contributed by atoms with E-state index in [0.29, 0.717) is 0 Å².